The number of rotatable bonds is 4. The van der Waals surface area contributed by atoms with Gasteiger partial charge in [-0.25, -0.2) is 17.6 Å². The van der Waals surface area contributed by atoms with Crippen LogP contribution in [-0.2, 0) is 4.79 Å². The summed E-state index contributed by atoms with van der Waals surface area (Å²) in [6.07, 6.45) is 0. The number of anilines is 1. The third-order valence-corrected chi connectivity index (χ3v) is 2.39. The van der Waals surface area contributed by atoms with Crippen molar-refractivity contribution in [3.8, 4) is 0 Å². The van der Waals surface area contributed by atoms with Gasteiger partial charge >= 0.3 is 0 Å². The summed E-state index contributed by atoms with van der Waals surface area (Å²) in [5.41, 5.74) is 4.41. The van der Waals surface area contributed by atoms with Crippen molar-refractivity contribution < 1.29 is 22.4 Å². The summed E-state index contributed by atoms with van der Waals surface area (Å²) >= 11 is 0. The Bertz CT molecular complexity index is 477. The summed E-state index contributed by atoms with van der Waals surface area (Å²) in [4.78, 5) is 11.1. The quantitative estimate of drug-likeness (QED) is 0.497. The molecule has 100 valence electrons. The molecule has 1 atom stereocenters. The first-order valence-electron chi connectivity index (χ1n) is 5.14. The highest BCUT2D eigenvalue weighted by atomic mass is 19.2. The molecule has 0 heterocycles. The lowest BCUT2D eigenvalue weighted by atomic mass is 10.0. The van der Waals surface area contributed by atoms with Gasteiger partial charge < -0.3 is 11.1 Å². The van der Waals surface area contributed by atoms with E-state index >= 15 is 0 Å². The lowest BCUT2D eigenvalue weighted by Crippen LogP contribution is -2.39. The maximum Gasteiger partial charge on any atom is 0.240 e. The number of benzene rings is 1. The summed E-state index contributed by atoms with van der Waals surface area (Å²) in [5, 5.41) is 2.26. The van der Waals surface area contributed by atoms with Crippen molar-refractivity contribution in [2.24, 2.45) is 11.7 Å². The molecule has 0 bridgehead atoms. The van der Waals surface area contributed by atoms with Crippen molar-refractivity contribution in [3.63, 3.8) is 0 Å². The number of hydrogen-bond donors (Lipinski definition) is 2. The normalized spacial score (nSPS) is 12.6. The van der Waals surface area contributed by atoms with Crippen LogP contribution in [-0.4, -0.2) is 11.9 Å². The smallest absolute Gasteiger partial charge is 0.240 e. The molecule has 0 radical (unpaired) electrons. The minimum Gasteiger partial charge on any atom is -0.371 e. The van der Waals surface area contributed by atoms with Gasteiger partial charge in [-0.05, 0) is 5.92 Å². The summed E-state index contributed by atoms with van der Waals surface area (Å²) in [6.45, 7) is 3.22. The summed E-state index contributed by atoms with van der Waals surface area (Å²) in [5.74, 6) is -8.14. The molecule has 1 aromatic rings. The number of carbonyl (C=O) groups excluding carboxylic acids is 1. The Kier molecular flexibility index (Phi) is 4.15. The van der Waals surface area contributed by atoms with Gasteiger partial charge in [0.25, 0.3) is 0 Å². The number of amides is 1. The Balaban J connectivity index is 3.15. The van der Waals surface area contributed by atoms with Gasteiger partial charge in [-0.1, -0.05) is 13.8 Å². The van der Waals surface area contributed by atoms with Crippen LogP contribution >= 0.6 is 0 Å². The van der Waals surface area contributed by atoms with Crippen molar-refractivity contribution in [2.75, 3.05) is 5.32 Å². The fourth-order valence-corrected chi connectivity index (χ4v) is 1.41. The van der Waals surface area contributed by atoms with E-state index in [0.29, 0.717) is 6.07 Å². The summed E-state index contributed by atoms with van der Waals surface area (Å²) in [7, 11) is 0. The number of primary amides is 1. The zero-order chi connectivity index (χ0) is 14.0. The van der Waals surface area contributed by atoms with Crippen LogP contribution < -0.4 is 11.1 Å². The van der Waals surface area contributed by atoms with Gasteiger partial charge in [0.1, 0.15) is 6.04 Å². The number of nitrogens with two attached hydrogens (primary N) is 1. The zero-order valence-corrected chi connectivity index (χ0v) is 9.73. The first-order chi connectivity index (χ1) is 8.25. The van der Waals surface area contributed by atoms with E-state index in [-0.39, 0.29) is 5.92 Å². The van der Waals surface area contributed by atoms with E-state index in [4.69, 9.17) is 5.73 Å². The Hall–Kier alpha value is -1.79. The number of halogens is 4. The van der Waals surface area contributed by atoms with Crippen LogP contribution in [0.3, 0.4) is 0 Å². The molecule has 1 amide bonds. The maximum absolute atomic E-state index is 13.3. The highest BCUT2D eigenvalue weighted by Crippen LogP contribution is 2.24. The Morgan fingerprint density at radius 2 is 1.72 bits per heavy atom. The fraction of sp³-hybridized carbons (Fsp3) is 0.364. The van der Waals surface area contributed by atoms with Crippen molar-refractivity contribution in [3.05, 3.63) is 29.3 Å². The standard InChI is InChI=1S/C11H12F4N2O/c1-4(2)10(11(16)18)17-6-3-5(12)7(13)9(15)8(6)14/h3-4,10,17H,1-2H3,(H2,16,18). The minimum absolute atomic E-state index is 0.335. The van der Waals surface area contributed by atoms with Gasteiger partial charge in [-0.3, -0.25) is 4.79 Å². The number of hydrogen-bond acceptors (Lipinski definition) is 2. The molecular weight excluding hydrogens is 252 g/mol. The Morgan fingerprint density at radius 3 is 2.17 bits per heavy atom. The van der Waals surface area contributed by atoms with Gasteiger partial charge in [-0.2, -0.15) is 0 Å². The monoisotopic (exact) mass is 264 g/mol. The maximum atomic E-state index is 13.3. The third kappa shape index (κ3) is 2.72. The van der Waals surface area contributed by atoms with E-state index in [0.717, 1.165) is 0 Å². The van der Waals surface area contributed by atoms with E-state index in [1.165, 1.54) is 0 Å². The van der Waals surface area contributed by atoms with Crippen LogP contribution in [0.2, 0.25) is 0 Å². The van der Waals surface area contributed by atoms with E-state index in [9.17, 15) is 22.4 Å². The van der Waals surface area contributed by atoms with Crippen LogP contribution in [0.25, 0.3) is 0 Å². The fourth-order valence-electron chi connectivity index (χ4n) is 1.41. The van der Waals surface area contributed by atoms with Crippen molar-refractivity contribution in [1.82, 2.24) is 0 Å². The molecule has 0 aliphatic heterocycles. The molecule has 0 saturated carbocycles. The molecule has 3 nitrogen and oxygen atoms in total. The molecule has 0 fully saturated rings. The van der Waals surface area contributed by atoms with Crippen molar-refractivity contribution in [1.29, 1.82) is 0 Å². The van der Waals surface area contributed by atoms with E-state index in [1.54, 1.807) is 13.8 Å². The highest BCUT2D eigenvalue weighted by molar-refractivity contribution is 5.83. The van der Waals surface area contributed by atoms with Gasteiger partial charge in [0, 0.05) is 6.07 Å². The Labute approximate surface area is 101 Å². The first kappa shape index (κ1) is 14.3. The molecule has 0 aromatic heterocycles. The van der Waals surface area contributed by atoms with E-state index in [1.807, 2.05) is 0 Å². The molecule has 3 N–H and O–H groups in total. The largest absolute Gasteiger partial charge is 0.371 e. The van der Waals surface area contributed by atoms with E-state index < -0.39 is 40.9 Å². The average Bonchev–Trinajstić information content (AvgIpc) is 2.28. The predicted molar refractivity (Wildman–Crippen MR) is 57.7 cm³/mol. The van der Waals surface area contributed by atoms with Crippen LogP contribution in [0.15, 0.2) is 6.07 Å². The van der Waals surface area contributed by atoms with Gasteiger partial charge in [0.15, 0.2) is 23.3 Å². The lowest BCUT2D eigenvalue weighted by Gasteiger charge is -2.20. The highest BCUT2D eigenvalue weighted by Gasteiger charge is 2.24. The second-order valence-electron chi connectivity index (χ2n) is 4.12. The second kappa shape index (κ2) is 5.24. The molecule has 0 aliphatic carbocycles. The molecule has 1 aromatic carbocycles. The summed E-state index contributed by atoms with van der Waals surface area (Å²) in [6, 6.07) is -0.588. The first-order valence-corrected chi connectivity index (χ1v) is 5.14. The Morgan fingerprint density at radius 1 is 1.17 bits per heavy atom. The molecule has 1 unspecified atom stereocenters. The van der Waals surface area contributed by atoms with Crippen molar-refractivity contribution >= 4 is 11.6 Å². The molecule has 0 spiro atoms. The lowest BCUT2D eigenvalue weighted by molar-refractivity contribution is -0.119. The van der Waals surface area contributed by atoms with Crippen molar-refractivity contribution in [2.45, 2.75) is 19.9 Å². The van der Waals surface area contributed by atoms with Crippen LogP contribution in [0, 0.1) is 29.2 Å². The SMILES string of the molecule is CC(C)C(Nc1cc(F)c(F)c(F)c1F)C(N)=O. The van der Waals surface area contributed by atoms with Gasteiger partial charge in [0.2, 0.25) is 5.91 Å². The molecule has 18 heavy (non-hydrogen) atoms. The molecule has 1 rings (SSSR count). The van der Waals surface area contributed by atoms with Crippen LogP contribution in [0.4, 0.5) is 23.2 Å². The molecule has 0 aliphatic rings. The molecular formula is C11H12F4N2O. The van der Waals surface area contributed by atoms with Crippen LogP contribution in [0.5, 0.6) is 0 Å². The average molecular weight is 264 g/mol. The summed E-state index contributed by atoms with van der Waals surface area (Å²) < 4.78 is 51.9. The molecule has 0 saturated heterocycles. The van der Waals surface area contributed by atoms with Gasteiger partial charge in [-0.15, -0.1) is 0 Å². The van der Waals surface area contributed by atoms with Crippen LogP contribution in [0.1, 0.15) is 13.8 Å². The molecule has 7 heteroatoms. The zero-order valence-electron chi connectivity index (χ0n) is 9.73. The number of nitrogens with one attached hydrogen (secondary N) is 1. The third-order valence-electron chi connectivity index (χ3n) is 2.39. The second-order valence-corrected chi connectivity index (χ2v) is 4.12. The van der Waals surface area contributed by atoms with Gasteiger partial charge in [0.05, 0.1) is 5.69 Å². The topological polar surface area (TPSA) is 55.1 Å². The predicted octanol–water partition coefficient (Wildman–Crippen LogP) is 2.16. The number of carbonyl (C=O) groups is 1. The van der Waals surface area contributed by atoms with E-state index in [2.05, 4.69) is 5.32 Å². The minimum atomic E-state index is -1.94.